The zero-order valence-corrected chi connectivity index (χ0v) is 21.9. The number of aromatic amines is 1. The number of carbonyl (C=O) groups is 1. The fraction of sp³-hybridized carbons (Fsp3) is 0.308. The first-order valence-electron chi connectivity index (χ1n) is 12.6. The second-order valence-corrected chi connectivity index (χ2v) is 11.6. The summed E-state index contributed by atoms with van der Waals surface area (Å²) >= 11 is 0. The van der Waals surface area contributed by atoms with Gasteiger partial charge in [0.1, 0.15) is 17.5 Å². The molecule has 0 radical (unpaired) electrons. The Bertz CT molecular complexity index is 1760. The molecule has 1 aromatic carbocycles. The number of hydrogen-bond acceptors (Lipinski definition) is 7. The summed E-state index contributed by atoms with van der Waals surface area (Å²) in [5.74, 6) is -0.188. The molecule has 5 heterocycles. The number of rotatable bonds is 5. The summed E-state index contributed by atoms with van der Waals surface area (Å²) in [6.45, 7) is 1.47. The maximum Gasteiger partial charge on any atom is 0.327 e. The molecule has 13 heteroatoms. The fourth-order valence-corrected chi connectivity index (χ4v) is 5.94. The second-order valence-electron chi connectivity index (χ2n) is 9.84. The smallest absolute Gasteiger partial charge is 0.327 e. The van der Waals surface area contributed by atoms with Crippen molar-refractivity contribution in [2.45, 2.75) is 25.3 Å². The Balaban J connectivity index is 1.28. The molecule has 0 bridgehead atoms. The van der Waals surface area contributed by atoms with Gasteiger partial charge in [0.05, 0.1) is 11.8 Å². The Morgan fingerprint density at radius 2 is 1.92 bits per heavy atom. The molecule has 11 nitrogen and oxygen atoms in total. The third kappa shape index (κ3) is 4.85. The first-order chi connectivity index (χ1) is 18.7. The van der Waals surface area contributed by atoms with Crippen molar-refractivity contribution in [1.82, 2.24) is 19.5 Å². The average Bonchev–Trinajstić information content (AvgIpc) is 3.46. The minimum Gasteiger partial charge on any atom is -0.356 e. The number of hydrogen-bond donors (Lipinski definition) is 2. The van der Waals surface area contributed by atoms with Crippen LogP contribution in [0.2, 0.25) is 0 Å². The zero-order chi connectivity index (χ0) is 27.3. The maximum atomic E-state index is 13.7. The Hall–Kier alpha value is -4.26. The van der Waals surface area contributed by atoms with Gasteiger partial charge in [-0.1, -0.05) is 0 Å². The number of pyridine rings is 2. The van der Waals surface area contributed by atoms with Crippen molar-refractivity contribution in [3.8, 4) is 0 Å². The van der Waals surface area contributed by atoms with Gasteiger partial charge in [-0.15, -0.1) is 0 Å². The number of piperidine rings is 1. The van der Waals surface area contributed by atoms with Crippen LogP contribution in [-0.4, -0.2) is 59.7 Å². The van der Waals surface area contributed by atoms with Gasteiger partial charge in [0.25, 0.3) is 5.91 Å². The number of aromatic nitrogens is 4. The normalized spacial score (nSPS) is 16.1. The molecule has 202 valence electrons. The van der Waals surface area contributed by atoms with Crippen LogP contribution in [0, 0.1) is 5.82 Å². The largest absolute Gasteiger partial charge is 0.356 e. The van der Waals surface area contributed by atoms with Gasteiger partial charge in [-0.25, -0.2) is 27.6 Å². The lowest BCUT2D eigenvalue weighted by atomic mass is 10.0. The number of imidazole rings is 1. The van der Waals surface area contributed by atoms with Crippen LogP contribution in [-0.2, 0) is 16.4 Å². The lowest BCUT2D eigenvalue weighted by molar-refractivity contribution is 0.0989. The Kier molecular flexibility index (Phi) is 6.09. The highest BCUT2D eigenvalue weighted by atomic mass is 32.2. The van der Waals surface area contributed by atoms with Gasteiger partial charge in [-0.05, 0) is 67.3 Å². The summed E-state index contributed by atoms with van der Waals surface area (Å²) in [6.07, 6.45) is 4.46. The van der Waals surface area contributed by atoms with Crippen molar-refractivity contribution in [1.29, 1.82) is 0 Å². The molecule has 2 N–H and O–H groups in total. The van der Waals surface area contributed by atoms with Crippen LogP contribution in [0.5, 0.6) is 0 Å². The van der Waals surface area contributed by atoms with Crippen LogP contribution in [0.4, 0.5) is 21.7 Å². The lowest BCUT2D eigenvalue weighted by Gasteiger charge is -2.33. The predicted octanol–water partition coefficient (Wildman–Crippen LogP) is 2.67. The van der Waals surface area contributed by atoms with E-state index in [4.69, 9.17) is 0 Å². The third-order valence-corrected chi connectivity index (χ3v) is 7.75. The quantitative estimate of drug-likeness (QED) is 0.390. The molecule has 1 saturated heterocycles. The van der Waals surface area contributed by atoms with Gasteiger partial charge < -0.3 is 9.80 Å². The molecule has 0 unspecified atom stereocenters. The second kappa shape index (κ2) is 9.49. The highest BCUT2D eigenvalue weighted by molar-refractivity contribution is 7.92. The van der Waals surface area contributed by atoms with Crippen molar-refractivity contribution < 1.29 is 17.6 Å². The van der Waals surface area contributed by atoms with Gasteiger partial charge in [-0.2, -0.15) is 0 Å². The Labute approximate surface area is 223 Å². The van der Waals surface area contributed by atoms with E-state index < -0.39 is 10.0 Å². The van der Waals surface area contributed by atoms with E-state index in [9.17, 15) is 22.4 Å². The molecule has 2 aliphatic rings. The van der Waals surface area contributed by atoms with Gasteiger partial charge in [-0.3, -0.25) is 19.1 Å². The maximum absolute atomic E-state index is 13.7. The summed E-state index contributed by atoms with van der Waals surface area (Å²) < 4.78 is 41.8. The number of anilines is 3. The van der Waals surface area contributed by atoms with E-state index in [2.05, 4.69) is 19.7 Å². The van der Waals surface area contributed by atoms with Crippen molar-refractivity contribution in [3.63, 3.8) is 0 Å². The topological polar surface area (TPSA) is 133 Å². The van der Waals surface area contributed by atoms with E-state index in [1.807, 2.05) is 11.0 Å². The number of fused-ring (bicyclic) bond motifs is 2. The number of benzene rings is 1. The van der Waals surface area contributed by atoms with Gasteiger partial charge in [0.15, 0.2) is 5.65 Å². The lowest BCUT2D eigenvalue weighted by Crippen LogP contribution is -2.37. The van der Waals surface area contributed by atoms with Crippen molar-refractivity contribution >= 4 is 44.4 Å². The highest BCUT2D eigenvalue weighted by Gasteiger charge is 2.29. The molecule has 1 fully saturated rings. The average molecular weight is 552 g/mol. The molecule has 1 amide bonds. The predicted molar refractivity (Wildman–Crippen MR) is 145 cm³/mol. The summed E-state index contributed by atoms with van der Waals surface area (Å²) in [6, 6.07) is 11.0. The molecule has 4 aromatic rings. The van der Waals surface area contributed by atoms with Crippen molar-refractivity contribution in [3.05, 3.63) is 76.1 Å². The first kappa shape index (κ1) is 25.0. The monoisotopic (exact) mass is 551 g/mol. The number of carbonyl (C=O) groups excluding carboxylic acids is 1. The fourth-order valence-electron chi connectivity index (χ4n) is 5.45. The summed E-state index contributed by atoms with van der Waals surface area (Å²) in [4.78, 5) is 41.3. The number of sulfonamides is 1. The van der Waals surface area contributed by atoms with E-state index in [1.54, 1.807) is 33.9 Å². The van der Waals surface area contributed by atoms with E-state index in [-0.39, 0.29) is 34.8 Å². The third-order valence-electron chi connectivity index (χ3n) is 7.17. The number of halogens is 1. The molecule has 3 aromatic heterocycles. The molecular formula is C26H26FN7O4S. The van der Waals surface area contributed by atoms with Gasteiger partial charge in [0.2, 0.25) is 10.0 Å². The van der Waals surface area contributed by atoms with Crippen LogP contribution in [0.15, 0.2) is 53.5 Å². The standard InChI is InChI=1S/C26H26FN7O4S/c1-39(37,38)31-22-14-17(25(35)33-12-6-16-13-18(27)4-5-20(16)33)15-23(29-22)32-10-7-19(8-11-32)34-21-3-2-9-28-24(21)30-26(34)36/h2-5,9,13-15,19H,6-8,10-12H2,1H3,(H,29,31)(H,28,30,36). The van der Waals surface area contributed by atoms with Crippen molar-refractivity contribution in [2.24, 2.45) is 0 Å². The molecular weight excluding hydrogens is 525 g/mol. The minimum absolute atomic E-state index is 0.0397. The molecule has 2 aliphatic heterocycles. The van der Waals surface area contributed by atoms with Crippen LogP contribution in [0.1, 0.15) is 34.8 Å². The summed E-state index contributed by atoms with van der Waals surface area (Å²) in [7, 11) is -3.65. The molecule has 0 atom stereocenters. The molecule has 6 rings (SSSR count). The number of H-pyrrole nitrogens is 1. The van der Waals surface area contributed by atoms with Crippen LogP contribution in [0.25, 0.3) is 11.2 Å². The Morgan fingerprint density at radius 3 is 2.69 bits per heavy atom. The van der Waals surface area contributed by atoms with Gasteiger partial charge in [0, 0.05) is 43.1 Å². The van der Waals surface area contributed by atoms with Crippen LogP contribution < -0.4 is 20.2 Å². The highest BCUT2D eigenvalue weighted by Crippen LogP contribution is 2.32. The molecule has 0 spiro atoms. The number of nitrogens with zero attached hydrogens (tertiary/aromatic N) is 5. The summed E-state index contributed by atoms with van der Waals surface area (Å²) in [5.41, 5.74) is 2.73. The number of nitrogens with one attached hydrogen (secondary N) is 2. The first-order valence-corrected chi connectivity index (χ1v) is 14.5. The molecule has 0 aliphatic carbocycles. The zero-order valence-electron chi connectivity index (χ0n) is 21.1. The molecule has 0 saturated carbocycles. The van der Waals surface area contributed by atoms with E-state index >= 15 is 0 Å². The van der Waals surface area contributed by atoms with Crippen LogP contribution >= 0.6 is 0 Å². The minimum atomic E-state index is -3.65. The molecule has 39 heavy (non-hydrogen) atoms. The SMILES string of the molecule is CS(=O)(=O)Nc1cc(C(=O)N2CCc3cc(F)ccc32)cc(N2CCC(n3c(=O)[nH]c4ncccc43)CC2)n1. The Morgan fingerprint density at radius 1 is 1.13 bits per heavy atom. The van der Waals surface area contributed by atoms with E-state index in [0.717, 1.165) is 17.3 Å². The van der Waals surface area contributed by atoms with E-state index in [1.165, 1.54) is 18.2 Å². The van der Waals surface area contributed by atoms with Crippen molar-refractivity contribution in [2.75, 3.05) is 40.4 Å². The van der Waals surface area contributed by atoms with E-state index in [0.29, 0.717) is 56.0 Å². The summed E-state index contributed by atoms with van der Waals surface area (Å²) in [5, 5.41) is 0. The van der Waals surface area contributed by atoms with Gasteiger partial charge >= 0.3 is 5.69 Å². The number of amides is 1. The van der Waals surface area contributed by atoms with Crippen LogP contribution in [0.3, 0.4) is 0 Å².